The Morgan fingerprint density at radius 3 is 2.69 bits per heavy atom. The van der Waals surface area contributed by atoms with Gasteiger partial charge in [-0.05, 0) is 61.5 Å². The van der Waals surface area contributed by atoms with Crippen molar-refractivity contribution in [3.05, 3.63) is 0 Å². The second-order valence-electron chi connectivity index (χ2n) is 5.06. The van der Waals surface area contributed by atoms with Gasteiger partial charge in [0, 0.05) is 6.04 Å². The number of thioether (sulfide) groups is 1. The summed E-state index contributed by atoms with van der Waals surface area (Å²) < 4.78 is 0. The maximum absolute atomic E-state index is 3.68. The van der Waals surface area contributed by atoms with E-state index < -0.39 is 0 Å². The van der Waals surface area contributed by atoms with Crippen LogP contribution in [-0.2, 0) is 0 Å². The molecular weight excluding hydrogens is 178 g/mol. The minimum absolute atomic E-state index is 0.827. The molecule has 0 aromatic heterocycles. The molecule has 1 atom stereocenters. The Morgan fingerprint density at radius 2 is 2.00 bits per heavy atom. The molecule has 13 heavy (non-hydrogen) atoms. The van der Waals surface area contributed by atoms with Gasteiger partial charge in [0.05, 0.1) is 0 Å². The molecule has 1 N–H and O–H groups in total. The van der Waals surface area contributed by atoms with Gasteiger partial charge in [0.1, 0.15) is 0 Å². The first-order valence-corrected chi connectivity index (χ1v) is 6.86. The fourth-order valence-corrected chi connectivity index (χ4v) is 4.01. The fraction of sp³-hybridized carbons (Fsp3) is 1.00. The van der Waals surface area contributed by atoms with E-state index in [2.05, 4.69) is 17.1 Å². The number of nitrogens with one attached hydrogen (secondary N) is 1. The molecule has 0 amide bonds. The maximum atomic E-state index is 3.68. The fourth-order valence-electron chi connectivity index (χ4n) is 2.71. The zero-order chi connectivity index (χ0) is 8.73. The first-order chi connectivity index (χ1) is 6.39. The number of hydrogen-bond donors (Lipinski definition) is 1. The first kappa shape index (κ1) is 8.60. The monoisotopic (exact) mass is 197 g/mol. The minimum atomic E-state index is 0.827. The predicted molar refractivity (Wildman–Crippen MR) is 58.1 cm³/mol. The average molecular weight is 197 g/mol. The molecule has 3 fully saturated rings. The van der Waals surface area contributed by atoms with Crippen LogP contribution in [0.1, 0.15) is 32.1 Å². The Kier molecular flexibility index (Phi) is 2.09. The van der Waals surface area contributed by atoms with Crippen molar-refractivity contribution in [2.75, 3.05) is 18.1 Å². The Balaban J connectivity index is 1.46. The summed E-state index contributed by atoms with van der Waals surface area (Å²) in [5.41, 5.74) is 0.827. The van der Waals surface area contributed by atoms with Crippen LogP contribution in [0.3, 0.4) is 0 Å². The second kappa shape index (κ2) is 3.16. The van der Waals surface area contributed by atoms with E-state index in [4.69, 9.17) is 0 Å². The Labute approximate surface area is 85.0 Å². The lowest BCUT2D eigenvalue weighted by atomic mass is 9.96. The molecule has 1 nitrogen and oxygen atoms in total. The van der Waals surface area contributed by atoms with Gasteiger partial charge in [-0.1, -0.05) is 0 Å². The lowest BCUT2D eigenvalue weighted by Crippen LogP contribution is -2.23. The second-order valence-corrected chi connectivity index (χ2v) is 6.28. The zero-order valence-electron chi connectivity index (χ0n) is 8.22. The van der Waals surface area contributed by atoms with Crippen LogP contribution < -0.4 is 5.32 Å². The van der Waals surface area contributed by atoms with Crippen molar-refractivity contribution < 1.29 is 0 Å². The van der Waals surface area contributed by atoms with E-state index in [9.17, 15) is 0 Å². The van der Waals surface area contributed by atoms with Crippen molar-refractivity contribution >= 4 is 11.8 Å². The lowest BCUT2D eigenvalue weighted by Gasteiger charge is -2.22. The third kappa shape index (κ3) is 1.75. The summed E-state index contributed by atoms with van der Waals surface area (Å²) in [7, 11) is 0. The lowest BCUT2D eigenvalue weighted by molar-refractivity contribution is 0.407. The summed E-state index contributed by atoms with van der Waals surface area (Å²) in [4.78, 5) is 0. The molecule has 74 valence electrons. The van der Waals surface area contributed by atoms with Crippen LogP contribution in [0, 0.1) is 11.3 Å². The van der Waals surface area contributed by atoms with E-state index in [0.29, 0.717) is 0 Å². The van der Waals surface area contributed by atoms with Crippen LogP contribution >= 0.6 is 11.8 Å². The Hall–Kier alpha value is 0.310. The highest BCUT2D eigenvalue weighted by Gasteiger charge is 2.53. The van der Waals surface area contributed by atoms with Gasteiger partial charge in [-0.25, -0.2) is 0 Å². The molecule has 0 radical (unpaired) electrons. The van der Waals surface area contributed by atoms with Crippen molar-refractivity contribution in [2.24, 2.45) is 11.3 Å². The van der Waals surface area contributed by atoms with E-state index in [1.54, 1.807) is 0 Å². The van der Waals surface area contributed by atoms with Crippen molar-refractivity contribution in [1.29, 1.82) is 0 Å². The van der Waals surface area contributed by atoms with Gasteiger partial charge in [0.25, 0.3) is 0 Å². The summed E-state index contributed by atoms with van der Waals surface area (Å²) >= 11 is 2.16. The molecule has 3 rings (SSSR count). The van der Waals surface area contributed by atoms with Crippen molar-refractivity contribution in [3.8, 4) is 0 Å². The highest BCUT2D eigenvalue weighted by molar-refractivity contribution is 7.99. The summed E-state index contributed by atoms with van der Waals surface area (Å²) in [5.74, 6) is 3.91. The van der Waals surface area contributed by atoms with Crippen molar-refractivity contribution in [1.82, 2.24) is 5.32 Å². The molecule has 0 aromatic rings. The number of hydrogen-bond acceptors (Lipinski definition) is 2. The third-order valence-corrected chi connectivity index (χ3v) is 5.06. The van der Waals surface area contributed by atoms with E-state index in [1.165, 1.54) is 50.2 Å². The molecule has 1 heterocycles. The van der Waals surface area contributed by atoms with Crippen LogP contribution in [-0.4, -0.2) is 24.1 Å². The topological polar surface area (TPSA) is 12.0 Å². The van der Waals surface area contributed by atoms with Gasteiger partial charge in [0.15, 0.2) is 0 Å². The van der Waals surface area contributed by atoms with E-state index >= 15 is 0 Å². The molecule has 2 saturated carbocycles. The van der Waals surface area contributed by atoms with Crippen LogP contribution in [0.15, 0.2) is 0 Å². The van der Waals surface area contributed by atoms with Gasteiger partial charge in [-0.2, -0.15) is 11.8 Å². The highest BCUT2D eigenvalue weighted by Crippen LogP contribution is 2.60. The van der Waals surface area contributed by atoms with Crippen molar-refractivity contribution in [2.45, 2.75) is 38.1 Å². The molecule has 1 spiro atoms. The predicted octanol–water partition coefficient (Wildman–Crippen LogP) is 2.27. The van der Waals surface area contributed by atoms with Crippen LogP contribution in [0.2, 0.25) is 0 Å². The maximum Gasteiger partial charge on any atom is 0.00683 e. The largest absolute Gasteiger partial charge is 0.314 e. The van der Waals surface area contributed by atoms with E-state index in [-0.39, 0.29) is 0 Å². The van der Waals surface area contributed by atoms with Gasteiger partial charge >= 0.3 is 0 Å². The summed E-state index contributed by atoms with van der Waals surface area (Å²) in [6, 6.07) is 0.913. The average Bonchev–Trinajstić information content (AvgIpc) is 3.02. The van der Waals surface area contributed by atoms with E-state index in [1.807, 2.05) is 0 Å². The van der Waals surface area contributed by atoms with Gasteiger partial charge in [-0.3, -0.25) is 0 Å². The number of rotatable bonds is 3. The highest BCUT2D eigenvalue weighted by atomic mass is 32.2. The zero-order valence-corrected chi connectivity index (χ0v) is 9.04. The standard InChI is InChI=1S/C11H19NS/c1-2-10(1)12-8-9-7-11(9)3-5-13-6-4-11/h9-10,12H,1-8H2. The molecule has 0 bridgehead atoms. The first-order valence-electron chi connectivity index (χ1n) is 5.70. The third-order valence-electron chi connectivity index (χ3n) is 4.08. The van der Waals surface area contributed by atoms with Crippen LogP contribution in [0.4, 0.5) is 0 Å². The summed E-state index contributed by atoms with van der Waals surface area (Å²) in [6.07, 6.45) is 7.43. The van der Waals surface area contributed by atoms with Crippen molar-refractivity contribution in [3.63, 3.8) is 0 Å². The molecule has 1 aliphatic heterocycles. The summed E-state index contributed by atoms with van der Waals surface area (Å²) in [5, 5.41) is 3.68. The summed E-state index contributed by atoms with van der Waals surface area (Å²) in [6.45, 7) is 1.33. The Bertz CT molecular complexity index is 194. The molecule has 3 aliphatic rings. The molecule has 2 aliphatic carbocycles. The smallest absolute Gasteiger partial charge is 0.00683 e. The normalized spacial score (nSPS) is 36.5. The Morgan fingerprint density at radius 1 is 1.23 bits per heavy atom. The molecule has 1 saturated heterocycles. The van der Waals surface area contributed by atoms with Crippen LogP contribution in [0.5, 0.6) is 0 Å². The SMILES string of the molecule is C1CC2(CCS1)CC2CNC1CC1. The van der Waals surface area contributed by atoms with Crippen LogP contribution in [0.25, 0.3) is 0 Å². The molecule has 2 heteroatoms. The minimum Gasteiger partial charge on any atom is -0.314 e. The van der Waals surface area contributed by atoms with E-state index in [0.717, 1.165) is 17.4 Å². The van der Waals surface area contributed by atoms with Gasteiger partial charge in [0.2, 0.25) is 0 Å². The quantitative estimate of drug-likeness (QED) is 0.745. The molecule has 1 unspecified atom stereocenters. The molecule has 0 aromatic carbocycles. The van der Waals surface area contributed by atoms with Gasteiger partial charge in [-0.15, -0.1) is 0 Å². The van der Waals surface area contributed by atoms with Gasteiger partial charge < -0.3 is 5.32 Å². The molecular formula is C11H19NS.